The lowest BCUT2D eigenvalue weighted by molar-refractivity contribution is 0.145. The highest BCUT2D eigenvalue weighted by molar-refractivity contribution is 5.60. The van der Waals surface area contributed by atoms with Crippen LogP contribution in [0.2, 0.25) is 0 Å². The Bertz CT molecular complexity index is 561. The topological polar surface area (TPSA) is 69.5 Å². The van der Waals surface area contributed by atoms with E-state index in [1.54, 1.807) is 12.1 Å². The number of phenols is 1. The van der Waals surface area contributed by atoms with Crippen molar-refractivity contribution >= 4 is 5.82 Å². The summed E-state index contributed by atoms with van der Waals surface area (Å²) in [4.78, 5) is 2.14. The number of aliphatic hydroxyl groups is 1. The molecule has 0 unspecified atom stereocenters. The first-order chi connectivity index (χ1) is 9.72. The monoisotopic (exact) mass is 271 g/mol. The van der Waals surface area contributed by atoms with Crippen LogP contribution in [-0.4, -0.2) is 39.6 Å². The van der Waals surface area contributed by atoms with Gasteiger partial charge in [-0.05, 0) is 49.2 Å². The number of phenolic OH excluding ortho intramolecular Hbond substituents is 1. The molecule has 0 spiro atoms. The van der Waals surface area contributed by atoms with Gasteiger partial charge in [-0.3, -0.25) is 0 Å². The first kappa shape index (κ1) is 12.9. The van der Waals surface area contributed by atoms with Gasteiger partial charge in [0.05, 0.1) is 11.8 Å². The minimum Gasteiger partial charge on any atom is -0.508 e. The first-order valence-electron chi connectivity index (χ1n) is 6.78. The molecular formula is C15H17N3O2. The number of aromatic nitrogens is 2. The van der Waals surface area contributed by atoms with Crippen LogP contribution in [-0.2, 0) is 0 Å². The highest BCUT2D eigenvalue weighted by Gasteiger charge is 2.18. The Labute approximate surface area is 117 Å². The Kier molecular flexibility index (Phi) is 3.52. The summed E-state index contributed by atoms with van der Waals surface area (Å²) >= 11 is 0. The maximum Gasteiger partial charge on any atom is 0.151 e. The van der Waals surface area contributed by atoms with Crippen molar-refractivity contribution in [1.82, 2.24) is 10.2 Å². The smallest absolute Gasteiger partial charge is 0.151 e. The summed E-state index contributed by atoms with van der Waals surface area (Å²) in [5, 5.41) is 27.3. The van der Waals surface area contributed by atoms with E-state index in [0.29, 0.717) is 0 Å². The van der Waals surface area contributed by atoms with E-state index in [0.717, 1.165) is 43.0 Å². The van der Waals surface area contributed by atoms with E-state index in [9.17, 15) is 10.2 Å². The molecule has 1 fully saturated rings. The second-order valence-corrected chi connectivity index (χ2v) is 5.04. The number of anilines is 1. The number of hydrogen-bond acceptors (Lipinski definition) is 5. The van der Waals surface area contributed by atoms with Crippen molar-refractivity contribution in [1.29, 1.82) is 0 Å². The highest BCUT2D eigenvalue weighted by Crippen LogP contribution is 2.22. The van der Waals surface area contributed by atoms with Crippen LogP contribution in [0.1, 0.15) is 12.8 Å². The Morgan fingerprint density at radius 1 is 0.950 bits per heavy atom. The number of rotatable bonds is 2. The summed E-state index contributed by atoms with van der Waals surface area (Å²) in [6.45, 7) is 1.63. The molecule has 0 amide bonds. The average molecular weight is 271 g/mol. The van der Waals surface area contributed by atoms with Gasteiger partial charge < -0.3 is 15.1 Å². The molecule has 3 rings (SSSR count). The molecule has 1 aliphatic rings. The Morgan fingerprint density at radius 3 is 2.25 bits per heavy atom. The molecule has 0 atom stereocenters. The minimum atomic E-state index is -0.185. The Hall–Kier alpha value is -2.14. The van der Waals surface area contributed by atoms with Crippen molar-refractivity contribution in [2.45, 2.75) is 18.9 Å². The first-order valence-corrected chi connectivity index (χ1v) is 6.78. The summed E-state index contributed by atoms with van der Waals surface area (Å²) in [6, 6.07) is 10.8. The van der Waals surface area contributed by atoms with Crippen LogP contribution in [0.5, 0.6) is 5.75 Å². The molecule has 0 radical (unpaired) electrons. The molecule has 0 aliphatic carbocycles. The van der Waals surface area contributed by atoms with Gasteiger partial charge in [-0.25, -0.2) is 0 Å². The van der Waals surface area contributed by atoms with Crippen molar-refractivity contribution in [3.8, 4) is 17.0 Å². The van der Waals surface area contributed by atoms with Gasteiger partial charge in [0.25, 0.3) is 0 Å². The molecule has 2 aromatic rings. The van der Waals surface area contributed by atoms with Crippen molar-refractivity contribution < 1.29 is 10.2 Å². The molecule has 0 bridgehead atoms. The quantitative estimate of drug-likeness (QED) is 0.871. The average Bonchev–Trinajstić information content (AvgIpc) is 2.49. The minimum absolute atomic E-state index is 0.185. The van der Waals surface area contributed by atoms with Gasteiger partial charge in [-0.2, -0.15) is 0 Å². The van der Waals surface area contributed by atoms with E-state index in [1.165, 1.54) is 0 Å². The summed E-state index contributed by atoms with van der Waals surface area (Å²) in [7, 11) is 0. The number of nitrogens with zero attached hydrogens (tertiary/aromatic N) is 3. The lowest BCUT2D eigenvalue weighted by Gasteiger charge is -2.30. The van der Waals surface area contributed by atoms with E-state index in [2.05, 4.69) is 15.1 Å². The number of benzene rings is 1. The van der Waals surface area contributed by atoms with Gasteiger partial charge in [0.2, 0.25) is 0 Å². The number of aromatic hydroxyl groups is 1. The molecular weight excluding hydrogens is 254 g/mol. The normalized spacial score (nSPS) is 16.4. The largest absolute Gasteiger partial charge is 0.508 e. The number of piperidine rings is 1. The second-order valence-electron chi connectivity index (χ2n) is 5.04. The SMILES string of the molecule is Oc1ccc(-c2ccc(N3CCC(O)CC3)nn2)cc1. The van der Waals surface area contributed by atoms with Crippen LogP contribution in [0.15, 0.2) is 36.4 Å². The second kappa shape index (κ2) is 5.46. The molecule has 20 heavy (non-hydrogen) atoms. The van der Waals surface area contributed by atoms with Crippen molar-refractivity contribution in [2.24, 2.45) is 0 Å². The molecule has 1 aliphatic heterocycles. The van der Waals surface area contributed by atoms with Crippen molar-refractivity contribution in [3.05, 3.63) is 36.4 Å². The fraction of sp³-hybridized carbons (Fsp3) is 0.333. The third-order valence-corrected chi connectivity index (χ3v) is 3.60. The van der Waals surface area contributed by atoms with E-state index >= 15 is 0 Å². The van der Waals surface area contributed by atoms with Crippen LogP contribution in [0.25, 0.3) is 11.3 Å². The summed E-state index contributed by atoms with van der Waals surface area (Å²) in [6.07, 6.45) is 1.37. The molecule has 2 N–H and O–H groups in total. The molecule has 0 saturated carbocycles. The van der Waals surface area contributed by atoms with Crippen LogP contribution >= 0.6 is 0 Å². The van der Waals surface area contributed by atoms with Crippen LogP contribution in [0.3, 0.4) is 0 Å². The van der Waals surface area contributed by atoms with Crippen molar-refractivity contribution in [2.75, 3.05) is 18.0 Å². The predicted molar refractivity (Wildman–Crippen MR) is 76.6 cm³/mol. The zero-order valence-electron chi connectivity index (χ0n) is 11.1. The number of aliphatic hydroxyl groups excluding tert-OH is 1. The van der Waals surface area contributed by atoms with Gasteiger partial charge in [-0.1, -0.05) is 0 Å². The third-order valence-electron chi connectivity index (χ3n) is 3.60. The lowest BCUT2D eigenvalue weighted by Crippen LogP contribution is -2.36. The third kappa shape index (κ3) is 2.72. The van der Waals surface area contributed by atoms with E-state index < -0.39 is 0 Å². The Balaban J connectivity index is 1.76. The van der Waals surface area contributed by atoms with E-state index in [1.807, 2.05) is 24.3 Å². The zero-order chi connectivity index (χ0) is 13.9. The molecule has 104 valence electrons. The summed E-state index contributed by atoms with van der Waals surface area (Å²) < 4.78 is 0. The fourth-order valence-corrected chi connectivity index (χ4v) is 2.37. The molecule has 5 heteroatoms. The van der Waals surface area contributed by atoms with E-state index in [-0.39, 0.29) is 11.9 Å². The fourth-order valence-electron chi connectivity index (χ4n) is 2.37. The summed E-state index contributed by atoms with van der Waals surface area (Å²) in [5.74, 6) is 1.09. The molecule has 1 aromatic heterocycles. The van der Waals surface area contributed by atoms with Gasteiger partial charge in [0.15, 0.2) is 5.82 Å². The van der Waals surface area contributed by atoms with Crippen LogP contribution < -0.4 is 4.90 Å². The van der Waals surface area contributed by atoms with Gasteiger partial charge in [0.1, 0.15) is 5.75 Å². The highest BCUT2D eigenvalue weighted by atomic mass is 16.3. The molecule has 5 nitrogen and oxygen atoms in total. The molecule has 1 aromatic carbocycles. The standard InChI is InChI=1S/C15H17N3O2/c19-12-3-1-11(2-4-12)14-5-6-15(17-16-14)18-9-7-13(20)8-10-18/h1-6,13,19-20H,7-10H2. The molecule has 2 heterocycles. The predicted octanol–water partition coefficient (Wildman–Crippen LogP) is 1.81. The van der Waals surface area contributed by atoms with Gasteiger partial charge in [0, 0.05) is 18.7 Å². The molecule has 1 saturated heterocycles. The zero-order valence-corrected chi connectivity index (χ0v) is 11.1. The summed E-state index contributed by atoms with van der Waals surface area (Å²) in [5.41, 5.74) is 1.71. The van der Waals surface area contributed by atoms with Crippen molar-refractivity contribution in [3.63, 3.8) is 0 Å². The van der Waals surface area contributed by atoms with Gasteiger partial charge >= 0.3 is 0 Å². The maximum atomic E-state index is 9.51. The van der Waals surface area contributed by atoms with Crippen LogP contribution in [0.4, 0.5) is 5.82 Å². The van der Waals surface area contributed by atoms with Crippen LogP contribution in [0, 0.1) is 0 Å². The number of hydrogen-bond donors (Lipinski definition) is 2. The lowest BCUT2D eigenvalue weighted by atomic mass is 10.1. The maximum absolute atomic E-state index is 9.51. The van der Waals surface area contributed by atoms with E-state index in [4.69, 9.17) is 0 Å². The van der Waals surface area contributed by atoms with Gasteiger partial charge in [-0.15, -0.1) is 10.2 Å². The Morgan fingerprint density at radius 2 is 1.65 bits per heavy atom.